The average Bonchev–Trinajstić information content (AvgIpc) is 2.65. The second kappa shape index (κ2) is 8.84. The molecule has 0 bridgehead atoms. The molecule has 8 heteroatoms. The second-order valence-electron chi connectivity index (χ2n) is 5.26. The number of methoxy groups -OCH3 is 1. The molecule has 2 N–H and O–H groups in total. The highest BCUT2D eigenvalue weighted by atomic mass is 35.5. The fraction of sp³-hybridized carbons (Fsp3) is 0.167. The van der Waals surface area contributed by atoms with Gasteiger partial charge in [-0.15, -0.1) is 0 Å². The van der Waals surface area contributed by atoms with Gasteiger partial charge >= 0.3 is 0 Å². The number of carbonyl (C=O) groups excluding carboxylic acids is 1. The first-order chi connectivity index (χ1) is 12.4. The second-order valence-corrected chi connectivity index (χ2v) is 7.52. The van der Waals surface area contributed by atoms with E-state index in [0.29, 0.717) is 17.1 Å². The maximum atomic E-state index is 12.1. The van der Waals surface area contributed by atoms with E-state index in [9.17, 15) is 13.2 Å². The highest BCUT2D eigenvalue weighted by Gasteiger charge is 2.17. The van der Waals surface area contributed by atoms with Gasteiger partial charge in [0.25, 0.3) is 0 Å². The van der Waals surface area contributed by atoms with E-state index < -0.39 is 10.0 Å². The molecule has 2 aromatic carbocycles. The standard InChI is InChI=1S/C18H19ClN2O4S/c1-20-26(23,24)17-11-13(7-9-16(17)25-2)8-10-18(22)21-12-14-5-3-4-6-15(14)19/h3-11,20H,12H2,1-2H3,(H,21,22)/b10-8+. The minimum atomic E-state index is -3.68. The summed E-state index contributed by atoms with van der Waals surface area (Å²) in [5, 5.41) is 3.30. The van der Waals surface area contributed by atoms with Crippen LogP contribution in [-0.2, 0) is 21.4 Å². The number of carbonyl (C=O) groups is 1. The molecule has 2 rings (SSSR count). The average molecular weight is 395 g/mol. The van der Waals surface area contributed by atoms with Gasteiger partial charge in [0, 0.05) is 17.6 Å². The maximum absolute atomic E-state index is 12.1. The fourth-order valence-corrected chi connectivity index (χ4v) is 3.30. The molecule has 0 aliphatic rings. The Kier molecular flexibility index (Phi) is 6.79. The van der Waals surface area contributed by atoms with E-state index in [4.69, 9.17) is 16.3 Å². The zero-order chi connectivity index (χ0) is 19.2. The predicted octanol–water partition coefficient (Wildman–Crippen LogP) is 2.59. The van der Waals surface area contributed by atoms with Crippen molar-refractivity contribution in [3.8, 4) is 5.75 Å². The van der Waals surface area contributed by atoms with Gasteiger partial charge in [-0.3, -0.25) is 4.79 Å². The van der Waals surface area contributed by atoms with Gasteiger partial charge in [0.1, 0.15) is 10.6 Å². The summed E-state index contributed by atoms with van der Waals surface area (Å²) < 4.78 is 31.4. The summed E-state index contributed by atoms with van der Waals surface area (Å²) in [5.74, 6) is -0.0987. The first-order valence-electron chi connectivity index (χ1n) is 7.68. The molecular weight excluding hydrogens is 376 g/mol. The zero-order valence-corrected chi connectivity index (χ0v) is 15.9. The summed E-state index contributed by atoms with van der Waals surface area (Å²) in [4.78, 5) is 12.0. The molecule has 0 heterocycles. The number of hydrogen-bond donors (Lipinski definition) is 2. The Morgan fingerprint density at radius 3 is 2.62 bits per heavy atom. The van der Waals surface area contributed by atoms with E-state index in [2.05, 4.69) is 10.0 Å². The summed E-state index contributed by atoms with van der Waals surface area (Å²) in [7, 11) is -0.968. The van der Waals surface area contributed by atoms with Crippen molar-refractivity contribution in [3.63, 3.8) is 0 Å². The first-order valence-corrected chi connectivity index (χ1v) is 9.54. The Bertz CT molecular complexity index is 927. The van der Waals surface area contributed by atoms with Crippen LogP contribution in [0.1, 0.15) is 11.1 Å². The van der Waals surface area contributed by atoms with Crippen LogP contribution in [0, 0.1) is 0 Å². The molecule has 1 amide bonds. The first kappa shape index (κ1) is 20.0. The van der Waals surface area contributed by atoms with Gasteiger partial charge in [-0.1, -0.05) is 35.9 Å². The predicted molar refractivity (Wildman–Crippen MR) is 102 cm³/mol. The molecule has 0 aliphatic carbocycles. The van der Waals surface area contributed by atoms with Crippen LogP contribution in [0.2, 0.25) is 5.02 Å². The summed E-state index contributed by atoms with van der Waals surface area (Å²) in [6, 6.07) is 11.8. The van der Waals surface area contributed by atoms with Crippen molar-refractivity contribution < 1.29 is 17.9 Å². The third-order valence-electron chi connectivity index (χ3n) is 3.58. The fourth-order valence-electron chi connectivity index (χ4n) is 2.17. The lowest BCUT2D eigenvalue weighted by molar-refractivity contribution is -0.116. The minimum Gasteiger partial charge on any atom is -0.495 e. The number of sulfonamides is 1. The minimum absolute atomic E-state index is 0.00104. The quantitative estimate of drug-likeness (QED) is 0.707. The molecule has 0 saturated heterocycles. The lowest BCUT2D eigenvalue weighted by atomic mass is 10.2. The molecule has 0 aliphatic heterocycles. The smallest absolute Gasteiger partial charge is 0.244 e. The van der Waals surface area contributed by atoms with Crippen LogP contribution < -0.4 is 14.8 Å². The molecule has 0 saturated carbocycles. The summed E-state index contributed by atoms with van der Waals surface area (Å²) in [5.41, 5.74) is 1.36. The van der Waals surface area contributed by atoms with Gasteiger partial charge in [-0.25, -0.2) is 13.1 Å². The SMILES string of the molecule is CNS(=O)(=O)c1cc(/C=C/C(=O)NCc2ccccc2Cl)ccc1OC. The van der Waals surface area contributed by atoms with Crippen molar-refractivity contribution in [2.75, 3.05) is 14.2 Å². The third-order valence-corrected chi connectivity index (χ3v) is 5.39. The van der Waals surface area contributed by atoms with E-state index in [1.54, 1.807) is 12.1 Å². The van der Waals surface area contributed by atoms with E-state index in [1.165, 1.54) is 38.4 Å². The highest BCUT2D eigenvalue weighted by Crippen LogP contribution is 2.25. The number of hydrogen-bond acceptors (Lipinski definition) is 4. The Hall–Kier alpha value is -2.35. The number of benzene rings is 2. The van der Waals surface area contributed by atoms with Crippen LogP contribution in [0.4, 0.5) is 0 Å². The van der Waals surface area contributed by atoms with E-state index in [-0.39, 0.29) is 16.6 Å². The van der Waals surface area contributed by atoms with Crippen molar-refractivity contribution in [1.29, 1.82) is 0 Å². The number of nitrogens with one attached hydrogen (secondary N) is 2. The molecule has 2 aromatic rings. The Balaban J connectivity index is 2.11. The molecule has 6 nitrogen and oxygen atoms in total. The largest absolute Gasteiger partial charge is 0.495 e. The van der Waals surface area contributed by atoms with E-state index in [1.807, 2.05) is 18.2 Å². The third kappa shape index (κ3) is 5.08. The molecule has 0 aromatic heterocycles. The molecule has 0 atom stereocenters. The summed E-state index contributed by atoms with van der Waals surface area (Å²) in [6.07, 6.45) is 2.85. The number of ether oxygens (including phenoxy) is 1. The van der Waals surface area contributed by atoms with Gasteiger partial charge in [-0.05, 0) is 42.4 Å². The van der Waals surface area contributed by atoms with Crippen LogP contribution in [0.3, 0.4) is 0 Å². The van der Waals surface area contributed by atoms with Crippen LogP contribution in [-0.4, -0.2) is 28.5 Å². The van der Waals surface area contributed by atoms with Crippen molar-refractivity contribution in [2.24, 2.45) is 0 Å². The monoisotopic (exact) mass is 394 g/mol. The molecule has 0 fully saturated rings. The summed E-state index contributed by atoms with van der Waals surface area (Å²) >= 11 is 6.04. The van der Waals surface area contributed by atoms with Crippen molar-refractivity contribution in [3.05, 3.63) is 64.7 Å². The van der Waals surface area contributed by atoms with Crippen LogP contribution in [0.25, 0.3) is 6.08 Å². The maximum Gasteiger partial charge on any atom is 0.244 e. The van der Waals surface area contributed by atoms with Crippen LogP contribution in [0.5, 0.6) is 5.75 Å². The Morgan fingerprint density at radius 1 is 1.23 bits per heavy atom. The number of halogens is 1. The van der Waals surface area contributed by atoms with Gasteiger partial charge in [-0.2, -0.15) is 0 Å². The molecule has 0 radical (unpaired) electrons. The molecular formula is C18H19ClN2O4S. The van der Waals surface area contributed by atoms with Crippen LogP contribution in [0.15, 0.2) is 53.4 Å². The van der Waals surface area contributed by atoms with Gasteiger partial charge in [0.15, 0.2) is 0 Å². The van der Waals surface area contributed by atoms with Gasteiger partial charge < -0.3 is 10.1 Å². The van der Waals surface area contributed by atoms with Crippen molar-refractivity contribution in [2.45, 2.75) is 11.4 Å². The molecule has 0 spiro atoms. The molecule has 0 unspecified atom stereocenters. The van der Waals surface area contributed by atoms with Crippen LogP contribution >= 0.6 is 11.6 Å². The lowest BCUT2D eigenvalue weighted by Crippen LogP contribution is -2.20. The number of rotatable bonds is 7. The zero-order valence-electron chi connectivity index (χ0n) is 14.3. The van der Waals surface area contributed by atoms with E-state index >= 15 is 0 Å². The van der Waals surface area contributed by atoms with Crippen molar-refractivity contribution in [1.82, 2.24) is 10.0 Å². The van der Waals surface area contributed by atoms with Crippen molar-refractivity contribution >= 4 is 33.6 Å². The normalized spacial score (nSPS) is 11.5. The highest BCUT2D eigenvalue weighted by molar-refractivity contribution is 7.89. The Labute approximate surface area is 157 Å². The number of amides is 1. The molecule has 138 valence electrons. The van der Waals surface area contributed by atoms with Gasteiger partial charge in [0.2, 0.25) is 15.9 Å². The van der Waals surface area contributed by atoms with E-state index in [0.717, 1.165) is 5.56 Å². The topological polar surface area (TPSA) is 84.5 Å². The lowest BCUT2D eigenvalue weighted by Gasteiger charge is -2.09. The molecule has 26 heavy (non-hydrogen) atoms. The van der Waals surface area contributed by atoms with Gasteiger partial charge in [0.05, 0.1) is 7.11 Å². The Morgan fingerprint density at radius 2 is 1.96 bits per heavy atom. The summed E-state index contributed by atoms with van der Waals surface area (Å²) in [6.45, 7) is 0.296.